The van der Waals surface area contributed by atoms with E-state index in [0.717, 1.165) is 54.7 Å². The van der Waals surface area contributed by atoms with Crippen molar-refractivity contribution in [2.75, 3.05) is 6.61 Å². The predicted octanol–water partition coefficient (Wildman–Crippen LogP) is 4.30. The minimum atomic E-state index is -0.401. The maximum absolute atomic E-state index is 6.27. The Hall–Kier alpha value is -1.85. The van der Waals surface area contributed by atoms with Crippen LogP contribution in [0.4, 0.5) is 0 Å². The van der Waals surface area contributed by atoms with Crippen LogP contribution in [0.25, 0.3) is 0 Å². The van der Waals surface area contributed by atoms with Crippen molar-refractivity contribution in [1.29, 1.82) is 0 Å². The van der Waals surface area contributed by atoms with Crippen LogP contribution in [0.5, 0.6) is 0 Å². The van der Waals surface area contributed by atoms with Crippen molar-refractivity contribution in [3.8, 4) is 0 Å². The Labute approximate surface area is 168 Å². The second kappa shape index (κ2) is 7.20. The van der Waals surface area contributed by atoms with Crippen molar-refractivity contribution in [1.82, 2.24) is 5.01 Å². The van der Waals surface area contributed by atoms with Gasteiger partial charge in [0.15, 0.2) is 0 Å². The van der Waals surface area contributed by atoms with Gasteiger partial charge >= 0.3 is 7.12 Å². The maximum atomic E-state index is 6.27. The monoisotopic (exact) mass is 380 g/mol. The van der Waals surface area contributed by atoms with Gasteiger partial charge in [-0.15, -0.1) is 5.73 Å². The van der Waals surface area contributed by atoms with Gasteiger partial charge in [0.2, 0.25) is 0 Å². The number of hydrazone groups is 1. The maximum Gasteiger partial charge on any atom is 0.494 e. The van der Waals surface area contributed by atoms with Gasteiger partial charge in [-0.2, -0.15) is 5.10 Å². The van der Waals surface area contributed by atoms with Crippen LogP contribution in [0.15, 0.2) is 58.5 Å². The lowest BCUT2D eigenvalue weighted by Gasteiger charge is -2.36. The lowest BCUT2D eigenvalue weighted by atomic mass is 9.76. The number of fused-ring (bicyclic) bond motifs is 2. The van der Waals surface area contributed by atoms with E-state index in [-0.39, 0.29) is 17.4 Å². The molecule has 0 aromatic carbocycles. The minimum absolute atomic E-state index is 0.0124. The first-order chi connectivity index (χ1) is 13.3. The molecule has 0 saturated carbocycles. The van der Waals surface area contributed by atoms with Gasteiger partial charge in [0.05, 0.1) is 16.9 Å². The highest BCUT2D eigenvalue weighted by Crippen LogP contribution is 2.40. The number of hydrogen-bond donors (Lipinski definition) is 0. The third-order valence-corrected chi connectivity index (χ3v) is 6.21. The molecule has 28 heavy (non-hydrogen) atoms. The smallest absolute Gasteiger partial charge is 0.399 e. The van der Waals surface area contributed by atoms with Crippen LogP contribution >= 0.6 is 0 Å². The van der Waals surface area contributed by atoms with Crippen molar-refractivity contribution < 1.29 is 14.0 Å². The quantitative estimate of drug-likeness (QED) is 0.541. The van der Waals surface area contributed by atoms with Crippen molar-refractivity contribution in [2.45, 2.75) is 70.8 Å². The fourth-order valence-corrected chi connectivity index (χ4v) is 3.82. The van der Waals surface area contributed by atoms with Gasteiger partial charge in [-0.3, -0.25) is 0 Å². The lowest BCUT2D eigenvalue weighted by Crippen LogP contribution is -2.41. The molecular weight excluding hydrogens is 351 g/mol. The van der Waals surface area contributed by atoms with Gasteiger partial charge in [-0.25, -0.2) is 5.01 Å². The molecule has 2 bridgehead atoms. The van der Waals surface area contributed by atoms with Gasteiger partial charge in [0.1, 0.15) is 6.23 Å². The molecule has 4 aliphatic rings. The summed E-state index contributed by atoms with van der Waals surface area (Å²) in [6.45, 7) is 12.8. The van der Waals surface area contributed by atoms with E-state index < -0.39 is 7.12 Å². The molecule has 0 amide bonds. The molecular formula is C22H29BN2O3. The van der Waals surface area contributed by atoms with E-state index in [1.165, 1.54) is 0 Å². The molecule has 1 atom stereocenters. The second-order valence-corrected chi connectivity index (χ2v) is 8.76. The van der Waals surface area contributed by atoms with Gasteiger partial charge in [0, 0.05) is 24.8 Å². The number of nitrogens with zero attached hydrogens (tertiary/aromatic N) is 2. The van der Waals surface area contributed by atoms with Crippen LogP contribution in [0, 0.1) is 0 Å². The summed E-state index contributed by atoms with van der Waals surface area (Å²) in [5, 5.41) is 6.90. The molecule has 148 valence electrons. The predicted molar refractivity (Wildman–Crippen MR) is 112 cm³/mol. The molecule has 4 rings (SSSR count). The Bertz CT molecular complexity index is 809. The molecule has 2 saturated heterocycles. The summed E-state index contributed by atoms with van der Waals surface area (Å²) in [5.41, 5.74) is 6.26. The Morgan fingerprint density at radius 2 is 1.96 bits per heavy atom. The highest BCUT2D eigenvalue weighted by atomic mass is 16.7. The van der Waals surface area contributed by atoms with Crippen LogP contribution in [0.1, 0.15) is 53.4 Å². The van der Waals surface area contributed by atoms with Gasteiger partial charge in [-0.05, 0) is 64.1 Å². The van der Waals surface area contributed by atoms with Crippen molar-refractivity contribution in [3.05, 3.63) is 53.4 Å². The summed E-state index contributed by atoms with van der Waals surface area (Å²) in [6.07, 6.45) is 12.2. The van der Waals surface area contributed by atoms with Crippen LogP contribution in [0.2, 0.25) is 0 Å². The fourth-order valence-electron chi connectivity index (χ4n) is 3.82. The largest absolute Gasteiger partial charge is 0.494 e. The fraction of sp³-hybridized carbons (Fsp3) is 0.545. The third kappa shape index (κ3) is 3.46. The Balaban J connectivity index is 1.70. The Morgan fingerprint density at radius 3 is 2.61 bits per heavy atom. The number of allylic oxidation sites excluding steroid dienone is 6. The van der Waals surface area contributed by atoms with Crippen molar-refractivity contribution >= 4 is 12.8 Å². The molecule has 3 aliphatic heterocycles. The van der Waals surface area contributed by atoms with E-state index in [1.54, 1.807) is 0 Å². The van der Waals surface area contributed by atoms with Gasteiger partial charge < -0.3 is 14.0 Å². The summed E-state index contributed by atoms with van der Waals surface area (Å²) in [6, 6.07) is 0. The first kappa shape index (κ1) is 19.5. The zero-order valence-corrected chi connectivity index (χ0v) is 17.3. The first-order valence-corrected chi connectivity index (χ1v) is 10.1. The molecule has 3 heterocycles. The summed E-state index contributed by atoms with van der Waals surface area (Å²) in [5.74, 6) is 0. The average molecular weight is 380 g/mol. The molecule has 0 aromatic rings. The summed E-state index contributed by atoms with van der Waals surface area (Å²) >= 11 is 0. The zero-order chi connectivity index (χ0) is 19.9. The second-order valence-electron chi connectivity index (χ2n) is 8.76. The molecule has 5 nitrogen and oxygen atoms in total. The number of ether oxygens (including phenoxy) is 1. The van der Waals surface area contributed by atoms with E-state index in [0.29, 0.717) is 0 Å². The van der Waals surface area contributed by atoms with Crippen LogP contribution in [0.3, 0.4) is 0 Å². The molecule has 2 fully saturated rings. The van der Waals surface area contributed by atoms with Gasteiger partial charge in [-0.1, -0.05) is 18.7 Å². The van der Waals surface area contributed by atoms with Crippen LogP contribution in [-0.4, -0.2) is 41.9 Å². The summed E-state index contributed by atoms with van der Waals surface area (Å²) in [7, 11) is -0.401. The first-order valence-electron chi connectivity index (χ1n) is 10.1. The third-order valence-electron chi connectivity index (χ3n) is 6.21. The Morgan fingerprint density at radius 1 is 1.21 bits per heavy atom. The molecule has 6 heteroatoms. The van der Waals surface area contributed by atoms with Gasteiger partial charge in [0.25, 0.3) is 0 Å². The molecule has 0 N–H and O–H groups in total. The van der Waals surface area contributed by atoms with E-state index in [1.807, 2.05) is 11.1 Å². The molecule has 1 aliphatic carbocycles. The van der Waals surface area contributed by atoms with Crippen molar-refractivity contribution in [2.24, 2.45) is 5.10 Å². The Kier molecular flexibility index (Phi) is 5.01. The van der Waals surface area contributed by atoms with E-state index in [4.69, 9.17) is 19.1 Å². The van der Waals surface area contributed by atoms with Crippen molar-refractivity contribution in [3.63, 3.8) is 0 Å². The molecule has 0 aromatic heterocycles. The number of rotatable bonds is 3. The zero-order valence-electron chi connectivity index (χ0n) is 17.3. The highest BCUT2D eigenvalue weighted by molar-refractivity contribution is 6.56. The van der Waals surface area contributed by atoms with Crippen LogP contribution < -0.4 is 0 Å². The lowest BCUT2D eigenvalue weighted by molar-refractivity contribution is -0.0720. The average Bonchev–Trinajstić information content (AvgIpc) is 2.79. The molecule has 1 unspecified atom stereocenters. The summed E-state index contributed by atoms with van der Waals surface area (Å²) in [4.78, 5) is 0. The van der Waals surface area contributed by atoms with Crippen LogP contribution in [-0.2, 0) is 14.0 Å². The number of hydrogen-bond acceptors (Lipinski definition) is 5. The topological polar surface area (TPSA) is 43.3 Å². The summed E-state index contributed by atoms with van der Waals surface area (Å²) < 4.78 is 18.5. The minimum Gasteiger partial charge on any atom is -0.399 e. The molecule has 0 radical (unpaired) electrons. The van der Waals surface area contributed by atoms with E-state index >= 15 is 0 Å². The van der Waals surface area contributed by atoms with E-state index in [9.17, 15) is 0 Å². The highest BCUT2D eigenvalue weighted by Gasteiger charge is 2.52. The van der Waals surface area contributed by atoms with E-state index in [2.05, 4.69) is 58.2 Å². The standard InChI is InChI=1S/C22H29BN2O3/c1-6-9-19-16-14-17(23-27-21(2,3)22(4,5)28-23)11-12-18(15-16)25(24-19)20-10-7-8-13-26-20/h9,11-12,14,20H,1,7-8,10,13,15H2,2-5H3. The SMILES string of the molecule is C=C=CC1=NN(C2CCCCO2)C2=CC=C(B3OC(C)(C)C(C)(C)O3)C=C1C2. The normalized spacial score (nSPS) is 28.5. The molecule has 0 spiro atoms.